The second-order valence-corrected chi connectivity index (χ2v) is 14.9. The Morgan fingerprint density at radius 2 is 1.03 bits per heavy atom. The Hall–Kier alpha value is -8.13. The number of nitriles is 1. The van der Waals surface area contributed by atoms with Gasteiger partial charge in [-0.1, -0.05) is 146 Å². The van der Waals surface area contributed by atoms with Gasteiger partial charge in [-0.15, -0.1) is 0 Å². The number of hydrogen-bond donors (Lipinski definition) is 1. The maximum atomic E-state index is 9.86. The van der Waals surface area contributed by atoms with E-state index in [0.717, 1.165) is 105 Å². The van der Waals surface area contributed by atoms with E-state index >= 15 is 0 Å². The number of nitrogens with one attached hydrogen (secondary N) is 1. The molecule has 0 bridgehead atoms. The Kier molecular flexibility index (Phi) is 8.17. The predicted octanol–water partition coefficient (Wildman–Crippen LogP) is 15.0. The quantitative estimate of drug-likeness (QED) is 0.176. The van der Waals surface area contributed by atoms with Crippen molar-refractivity contribution in [2.24, 2.45) is 0 Å². The third kappa shape index (κ3) is 5.84. The van der Waals surface area contributed by atoms with E-state index in [0.29, 0.717) is 5.56 Å². The molecule has 4 heteroatoms. The number of furan rings is 1. The highest BCUT2D eigenvalue weighted by molar-refractivity contribution is 6.11. The predicted molar refractivity (Wildman–Crippen MR) is 244 cm³/mol. The summed E-state index contributed by atoms with van der Waals surface area (Å²) in [7, 11) is 0. The summed E-state index contributed by atoms with van der Waals surface area (Å²) in [5.74, 6) is 0. The number of nitrogens with zero attached hydrogens (tertiary/aromatic N) is 2. The lowest BCUT2D eigenvalue weighted by molar-refractivity contribution is 0.669. The number of para-hydroxylation sites is 3. The van der Waals surface area contributed by atoms with Crippen LogP contribution in [-0.2, 0) is 0 Å². The Balaban J connectivity index is 1.10. The fourth-order valence-electron chi connectivity index (χ4n) is 8.73. The number of fused-ring (bicyclic) bond motifs is 6. The maximum absolute atomic E-state index is 9.86. The first-order valence-corrected chi connectivity index (χ1v) is 19.8. The zero-order valence-electron chi connectivity index (χ0n) is 31.9. The molecule has 2 heterocycles. The molecule has 11 rings (SSSR count). The van der Waals surface area contributed by atoms with E-state index in [-0.39, 0.29) is 0 Å². The zero-order valence-corrected chi connectivity index (χ0v) is 31.9. The highest BCUT2D eigenvalue weighted by atomic mass is 16.3. The molecule has 0 saturated carbocycles. The lowest BCUT2D eigenvalue weighted by atomic mass is 9.92. The minimum Gasteiger partial charge on any atom is -0.456 e. The van der Waals surface area contributed by atoms with Crippen LogP contribution in [-0.4, -0.2) is 4.57 Å². The summed E-state index contributed by atoms with van der Waals surface area (Å²) in [5, 5.41) is 18.1. The number of anilines is 2. The normalized spacial score (nSPS) is 11.4. The fourth-order valence-corrected chi connectivity index (χ4v) is 8.73. The van der Waals surface area contributed by atoms with Crippen molar-refractivity contribution in [1.29, 1.82) is 5.26 Å². The fraction of sp³-hybridized carbons (Fsp3) is 0. The second-order valence-electron chi connectivity index (χ2n) is 14.9. The van der Waals surface area contributed by atoms with Crippen LogP contribution in [0.15, 0.2) is 211 Å². The van der Waals surface area contributed by atoms with Gasteiger partial charge in [-0.25, -0.2) is 0 Å². The molecule has 59 heavy (non-hydrogen) atoms. The molecule has 0 radical (unpaired) electrons. The third-order valence-corrected chi connectivity index (χ3v) is 11.5. The van der Waals surface area contributed by atoms with Gasteiger partial charge in [0, 0.05) is 43.9 Å². The molecular formula is C55H35N3O. The van der Waals surface area contributed by atoms with Gasteiger partial charge in [-0.05, 0) is 88.5 Å². The lowest BCUT2D eigenvalue weighted by Crippen LogP contribution is -2.00. The van der Waals surface area contributed by atoms with Crippen LogP contribution in [0.2, 0.25) is 0 Å². The third-order valence-electron chi connectivity index (χ3n) is 11.5. The number of benzene rings is 9. The van der Waals surface area contributed by atoms with Gasteiger partial charge in [0.15, 0.2) is 0 Å². The molecule has 4 nitrogen and oxygen atoms in total. The standard InChI is InChI=1S/C55H35N3O/c56-35-36-25-32-50-48(33-36)45-17-7-9-22-49(45)58(50)51-23-12-19-42(40-28-31-47-46-18-8-10-24-52(46)59-53(47)34-40)54(51)39-26-29-41(30-27-39)57-55-43(37-13-3-1-4-14-37)20-11-21-44(55)38-15-5-2-6-16-38/h1-34,57H. The molecule has 0 amide bonds. The molecule has 0 fully saturated rings. The molecule has 276 valence electrons. The van der Waals surface area contributed by atoms with Crippen LogP contribution < -0.4 is 5.32 Å². The summed E-state index contributed by atoms with van der Waals surface area (Å²) in [6, 6.07) is 74.5. The van der Waals surface area contributed by atoms with E-state index in [9.17, 15) is 5.26 Å². The maximum Gasteiger partial charge on any atom is 0.136 e. The van der Waals surface area contributed by atoms with E-state index in [1.165, 1.54) is 0 Å². The summed E-state index contributed by atoms with van der Waals surface area (Å²) < 4.78 is 8.76. The van der Waals surface area contributed by atoms with Crippen LogP contribution in [0.3, 0.4) is 0 Å². The molecule has 0 aliphatic carbocycles. The van der Waals surface area contributed by atoms with Crippen LogP contribution in [0.25, 0.3) is 93.9 Å². The zero-order chi connectivity index (χ0) is 39.3. The highest BCUT2D eigenvalue weighted by Crippen LogP contribution is 2.44. The van der Waals surface area contributed by atoms with Crippen molar-refractivity contribution in [2.45, 2.75) is 0 Å². The largest absolute Gasteiger partial charge is 0.456 e. The number of hydrogen-bond acceptors (Lipinski definition) is 3. The van der Waals surface area contributed by atoms with Gasteiger partial charge in [-0.2, -0.15) is 5.26 Å². The summed E-state index contributed by atoms with van der Waals surface area (Å²) in [6.07, 6.45) is 0. The van der Waals surface area contributed by atoms with Gasteiger partial charge in [0.2, 0.25) is 0 Å². The van der Waals surface area contributed by atoms with Gasteiger partial charge in [0.25, 0.3) is 0 Å². The summed E-state index contributed by atoms with van der Waals surface area (Å²) in [4.78, 5) is 0. The van der Waals surface area contributed by atoms with Gasteiger partial charge in [0.1, 0.15) is 11.2 Å². The van der Waals surface area contributed by atoms with Crippen molar-refractivity contribution >= 4 is 55.1 Å². The SMILES string of the molecule is N#Cc1ccc2c(c1)c1ccccc1n2-c1cccc(-c2ccc3c(c2)oc2ccccc23)c1-c1ccc(Nc2c(-c3ccccc3)cccc2-c2ccccc2)cc1. The molecule has 0 atom stereocenters. The lowest BCUT2D eigenvalue weighted by Gasteiger charge is -2.20. The van der Waals surface area contributed by atoms with Crippen molar-refractivity contribution in [3.8, 4) is 56.3 Å². The van der Waals surface area contributed by atoms with E-state index in [1.54, 1.807) is 0 Å². The van der Waals surface area contributed by atoms with Crippen molar-refractivity contribution in [3.05, 3.63) is 212 Å². The van der Waals surface area contributed by atoms with Crippen molar-refractivity contribution in [2.75, 3.05) is 5.32 Å². The minimum atomic E-state index is 0.640. The Morgan fingerprint density at radius 3 is 1.78 bits per heavy atom. The first kappa shape index (κ1) is 34.1. The van der Waals surface area contributed by atoms with E-state index in [2.05, 4.69) is 198 Å². The van der Waals surface area contributed by atoms with Gasteiger partial charge in [0.05, 0.1) is 34.0 Å². The Morgan fingerprint density at radius 1 is 0.424 bits per heavy atom. The molecular weight excluding hydrogens is 719 g/mol. The molecule has 0 unspecified atom stereocenters. The molecule has 11 aromatic rings. The Labute approximate surface area is 341 Å². The van der Waals surface area contributed by atoms with Crippen LogP contribution >= 0.6 is 0 Å². The second kappa shape index (κ2) is 14.1. The monoisotopic (exact) mass is 753 g/mol. The smallest absolute Gasteiger partial charge is 0.136 e. The number of aromatic nitrogens is 1. The van der Waals surface area contributed by atoms with Gasteiger partial charge >= 0.3 is 0 Å². The summed E-state index contributed by atoms with van der Waals surface area (Å²) in [6.45, 7) is 0. The van der Waals surface area contributed by atoms with E-state index < -0.39 is 0 Å². The molecule has 0 aliphatic rings. The average molecular weight is 754 g/mol. The van der Waals surface area contributed by atoms with Crippen molar-refractivity contribution in [1.82, 2.24) is 4.57 Å². The first-order chi connectivity index (χ1) is 29.2. The summed E-state index contributed by atoms with van der Waals surface area (Å²) in [5.41, 5.74) is 16.5. The van der Waals surface area contributed by atoms with Crippen LogP contribution in [0.5, 0.6) is 0 Å². The molecule has 2 aromatic heterocycles. The van der Waals surface area contributed by atoms with Crippen LogP contribution in [0, 0.1) is 11.3 Å². The van der Waals surface area contributed by atoms with Gasteiger partial charge < -0.3 is 14.3 Å². The van der Waals surface area contributed by atoms with Crippen LogP contribution in [0.1, 0.15) is 5.56 Å². The average Bonchev–Trinajstić information content (AvgIpc) is 3.84. The highest BCUT2D eigenvalue weighted by Gasteiger charge is 2.21. The van der Waals surface area contributed by atoms with Crippen LogP contribution in [0.4, 0.5) is 11.4 Å². The van der Waals surface area contributed by atoms with Crippen molar-refractivity contribution < 1.29 is 4.42 Å². The molecule has 0 aliphatic heterocycles. The topological polar surface area (TPSA) is 53.9 Å². The molecule has 0 saturated heterocycles. The number of rotatable bonds is 7. The van der Waals surface area contributed by atoms with E-state index in [1.807, 2.05) is 24.3 Å². The Bertz CT molecular complexity index is 3350. The van der Waals surface area contributed by atoms with Crippen molar-refractivity contribution in [3.63, 3.8) is 0 Å². The van der Waals surface area contributed by atoms with E-state index in [4.69, 9.17) is 4.42 Å². The first-order valence-electron chi connectivity index (χ1n) is 19.8. The minimum absolute atomic E-state index is 0.640. The summed E-state index contributed by atoms with van der Waals surface area (Å²) >= 11 is 0. The molecule has 9 aromatic carbocycles. The molecule has 1 N–H and O–H groups in total. The molecule has 0 spiro atoms. The van der Waals surface area contributed by atoms with Gasteiger partial charge in [-0.3, -0.25) is 0 Å².